The van der Waals surface area contributed by atoms with Crippen molar-refractivity contribution in [2.45, 2.75) is 50.3 Å². The van der Waals surface area contributed by atoms with E-state index in [0.717, 1.165) is 51.0 Å². The maximum atomic E-state index is 11.4. The summed E-state index contributed by atoms with van der Waals surface area (Å²) in [5.41, 5.74) is 5.80. The number of amides is 1. The van der Waals surface area contributed by atoms with Crippen LogP contribution in [0.15, 0.2) is 34.1 Å². The molecule has 1 aliphatic heterocycles. The van der Waals surface area contributed by atoms with Crippen molar-refractivity contribution in [3.63, 3.8) is 0 Å². The lowest BCUT2D eigenvalue weighted by Gasteiger charge is -2.31. The summed E-state index contributed by atoms with van der Waals surface area (Å²) in [5, 5.41) is 2.98. The first-order chi connectivity index (χ1) is 10.2. The molecule has 4 heteroatoms. The minimum absolute atomic E-state index is 0.132. The second-order valence-electron chi connectivity index (χ2n) is 5.83. The number of carbonyl (C=O) groups is 1. The molecule has 0 aromatic rings. The number of alkyl halides is 1. The van der Waals surface area contributed by atoms with Crippen molar-refractivity contribution < 1.29 is 9.53 Å². The molecule has 1 amide bonds. The molecule has 3 nitrogen and oxygen atoms in total. The van der Waals surface area contributed by atoms with Gasteiger partial charge in [0.05, 0.1) is 11.4 Å². The van der Waals surface area contributed by atoms with Gasteiger partial charge in [0.15, 0.2) is 0 Å². The van der Waals surface area contributed by atoms with E-state index in [1.54, 1.807) is 0 Å². The summed E-state index contributed by atoms with van der Waals surface area (Å²) in [6, 6.07) is 0. The van der Waals surface area contributed by atoms with E-state index in [-0.39, 0.29) is 5.91 Å². The molecule has 1 atom stereocenters. The number of hydrogen-bond donors (Lipinski definition) is 1. The predicted octanol–water partition coefficient (Wildman–Crippen LogP) is 3.76. The van der Waals surface area contributed by atoms with Gasteiger partial charge >= 0.3 is 0 Å². The van der Waals surface area contributed by atoms with E-state index in [2.05, 4.69) is 27.3 Å². The summed E-state index contributed by atoms with van der Waals surface area (Å²) < 4.78 is 5.91. The maximum Gasteiger partial charge on any atom is 0.219 e. The van der Waals surface area contributed by atoms with Gasteiger partial charge in [-0.25, -0.2) is 0 Å². The molecule has 1 unspecified atom stereocenters. The molecular formula is C17H22BrNO2. The second kappa shape index (κ2) is 6.39. The van der Waals surface area contributed by atoms with Crippen LogP contribution in [0.5, 0.6) is 0 Å². The van der Waals surface area contributed by atoms with Crippen LogP contribution in [0.4, 0.5) is 0 Å². The summed E-state index contributed by atoms with van der Waals surface area (Å²) in [4.78, 5) is 11.7. The summed E-state index contributed by atoms with van der Waals surface area (Å²) >= 11 is 3.77. The van der Waals surface area contributed by atoms with E-state index in [9.17, 15) is 4.79 Å². The molecule has 0 radical (unpaired) electrons. The lowest BCUT2D eigenvalue weighted by Crippen LogP contribution is -2.24. The van der Waals surface area contributed by atoms with Gasteiger partial charge in [-0.3, -0.25) is 4.79 Å². The third-order valence-corrected chi connectivity index (χ3v) is 5.18. The Hall–Kier alpha value is -1.03. The third-order valence-electron chi connectivity index (χ3n) is 4.45. The monoisotopic (exact) mass is 351 g/mol. The van der Waals surface area contributed by atoms with Gasteiger partial charge in [0.1, 0.15) is 5.76 Å². The molecule has 0 aromatic carbocycles. The first-order valence-corrected chi connectivity index (χ1v) is 8.80. The first kappa shape index (κ1) is 14.9. The van der Waals surface area contributed by atoms with Gasteiger partial charge < -0.3 is 10.1 Å². The van der Waals surface area contributed by atoms with Crippen LogP contribution in [-0.2, 0) is 9.53 Å². The van der Waals surface area contributed by atoms with Crippen LogP contribution in [0.3, 0.4) is 0 Å². The number of nitrogens with one attached hydrogen (secondary N) is 1. The molecule has 2 aliphatic carbocycles. The minimum Gasteiger partial charge on any atom is -0.496 e. The average Bonchev–Trinajstić information content (AvgIpc) is 2.90. The summed E-state index contributed by atoms with van der Waals surface area (Å²) in [5.74, 6) is 1.29. The van der Waals surface area contributed by atoms with Crippen molar-refractivity contribution >= 4 is 21.8 Å². The zero-order valence-corrected chi connectivity index (χ0v) is 14.1. The largest absolute Gasteiger partial charge is 0.496 e. The SMILES string of the molecule is CCC(=O)NCCC1=CCC2=C1C1=C(OCCC1)C(Br)C2. The molecule has 0 fully saturated rings. The van der Waals surface area contributed by atoms with Gasteiger partial charge in [0.2, 0.25) is 5.91 Å². The summed E-state index contributed by atoms with van der Waals surface area (Å²) in [7, 11) is 0. The molecular weight excluding hydrogens is 330 g/mol. The molecule has 1 heterocycles. The van der Waals surface area contributed by atoms with Gasteiger partial charge in [-0.1, -0.05) is 34.5 Å². The number of carbonyl (C=O) groups excluding carboxylic acids is 1. The Morgan fingerprint density at radius 1 is 1.52 bits per heavy atom. The molecule has 21 heavy (non-hydrogen) atoms. The summed E-state index contributed by atoms with van der Waals surface area (Å²) in [6.45, 7) is 3.46. The normalized spacial score (nSPS) is 24.3. The molecule has 0 saturated heterocycles. The topological polar surface area (TPSA) is 38.3 Å². The van der Waals surface area contributed by atoms with Gasteiger partial charge in [0, 0.05) is 13.0 Å². The molecule has 0 bridgehead atoms. The fourth-order valence-electron chi connectivity index (χ4n) is 3.44. The molecule has 1 N–H and O–H groups in total. The van der Waals surface area contributed by atoms with E-state index in [4.69, 9.17) is 4.74 Å². The lowest BCUT2D eigenvalue weighted by atomic mass is 9.84. The fraction of sp³-hybridized carbons (Fsp3) is 0.588. The Kier molecular flexibility index (Phi) is 4.53. The number of ether oxygens (including phenoxy) is 1. The van der Waals surface area contributed by atoms with Crippen LogP contribution in [0.25, 0.3) is 0 Å². The van der Waals surface area contributed by atoms with Gasteiger partial charge in [0.25, 0.3) is 0 Å². The Labute approximate surface area is 134 Å². The van der Waals surface area contributed by atoms with E-state index in [1.807, 2.05) is 6.92 Å². The van der Waals surface area contributed by atoms with E-state index < -0.39 is 0 Å². The van der Waals surface area contributed by atoms with Crippen molar-refractivity contribution in [1.82, 2.24) is 5.32 Å². The van der Waals surface area contributed by atoms with E-state index in [0.29, 0.717) is 11.2 Å². The molecule has 0 spiro atoms. The molecule has 114 valence electrons. The minimum atomic E-state index is 0.132. The first-order valence-electron chi connectivity index (χ1n) is 7.89. The highest BCUT2D eigenvalue weighted by Crippen LogP contribution is 2.46. The zero-order valence-electron chi connectivity index (χ0n) is 12.5. The quantitative estimate of drug-likeness (QED) is 0.783. The summed E-state index contributed by atoms with van der Waals surface area (Å²) in [6.07, 6.45) is 8.16. The number of fused-ring (bicyclic) bond motifs is 1. The highest BCUT2D eigenvalue weighted by atomic mass is 79.9. The molecule has 3 aliphatic rings. The van der Waals surface area contributed by atoms with Crippen LogP contribution >= 0.6 is 15.9 Å². The maximum absolute atomic E-state index is 11.4. The molecule has 0 aromatic heterocycles. The standard InChI is InChI=1S/C17H22BrNO2/c1-2-15(20)19-8-7-11-5-6-12-10-14(18)17-13(16(11)12)4-3-9-21-17/h5,14H,2-4,6-10H2,1H3,(H,19,20). The average molecular weight is 352 g/mol. The number of rotatable bonds is 4. The Bertz CT molecular complexity index is 545. The van der Waals surface area contributed by atoms with E-state index in [1.165, 1.54) is 22.3 Å². The van der Waals surface area contributed by atoms with Crippen molar-refractivity contribution in [2.24, 2.45) is 0 Å². The van der Waals surface area contributed by atoms with Gasteiger partial charge in [-0.15, -0.1) is 0 Å². The van der Waals surface area contributed by atoms with Gasteiger partial charge in [-0.2, -0.15) is 0 Å². The fourth-order valence-corrected chi connectivity index (χ4v) is 4.24. The Morgan fingerprint density at radius 3 is 3.19 bits per heavy atom. The van der Waals surface area contributed by atoms with Crippen LogP contribution in [0.2, 0.25) is 0 Å². The van der Waals surface area contributed by atoms with E-state index >= 15 is 0 Å². The highest BCUT2D eigenvalue weighted by molar-refractivity contribution is 9.09. The van der Waals surface area contributed by atoms with Gasteiger partial charge in [-0.05, 0) is 48.8 Å². The van der Waals surface area contributed by atoms with Crippen molar-refractivity contribution in [3.8, 4) is 0 Å². The van der Waals surface area contributed by atoms with Crippen LogP contribution in [0, 0.1) is 0 Å². The van der Waals surface area contributed by atoms with Crippen LogP contribution in [-0.4, -0.2) is 23.9 Å². The lowest BCUT2D eigenvalue weighted by molar-refractivity contribution is -0.120. The van der Waals surface area contributed by atoms with Crippen molar-refractivity contribution in [3.05, 3.63) is 34.1 Å². The molecule has 3 rings (SSSR count). The second-order valence-corrected chi connectivity index (χ2v) is 6.94. The van der Waals surface area contributed by atoms with Crippen LogP contribution < -0.4 is 5.32 Å². The number of hydrogen-bond acceptors (Lipinski definition) is 2. The van der Waals surface area contributed by atoms with Crippen LogP contribution in [0.1, 0.15) is 45.4 Å². The number of allylic oxidation sites excluding steroid dienone is 5. The molecule has 0 saturated carbocycles. The number of halogens is 1. The third kappa shape index (κ3) is 2.96. The van der Waals surface area contributed by atoms with Crippen molar-refractivity contribution in [2.75, 3.05) is 13.2 Å². The van der Waals surface area contributed by atoms with Crippen molar-refractivity contribution in [1.29, 1.82) is 0 Å². The predicted molar refractivity (Wildman–Crippen MR) is 87.2 cm³/mol. The zero-order chi connectivity index (χ0) is 14.8. The Morgan fingerprint density at radius 2 is 2.38 bits per heavy atom. The Balaban J connectivity index is 1.74. The highest BCUT2D eigenvalue weighted by Gasteiger charge is 2.33. The smallest absolute Gasteiger partial charge is 0.219 e.